The molecular formula is C15H23N3O4S2. The van der Waals surface area contributed by atoms with Crippen molar-refractivity contribution in [2.75, 3.05) is 13.2 Å². The van der Waals surface area contributed by atoms with Gasteiger partial charge in [-0.25, -0.2) is 0 Å². The Hall–Kier alpha value is -2.00. The highest BCUT2D eigenvalue weighted by Gasteiger charge is 2.12. The molecule has 0 saturated heterocycles. The lowest BCUT2D eigenvalue weighted by Gasteiger charge is -2.20. The summed E-state index contributed by atoms with van der Waals surface area (Å²) in [5, 5.41) is 16.3. The summed E-state index contributed by atoms with van der Waals surface area (Å²) >= 11 is 8.65. The van der Waals surface area contributed by atoms with Crippen molar-refractivity contribution >= 4 is 40.8 Å². The third kappa shape index (κ3) is 12.5. The van der Waals surface area contributed by atoms with Gasteiger partial charge in [0.25, 0.3) is 10.3 Å². The van der Waals surface area contributed by atoms with E-state index in [9.17, 15) is 9.90 Å². The van der Waals surface area contributed by atoms with E-state index in [1.807, 2.05) is 19.1 Å². The van der Waals surface area contributed by atoms with Crippen LogP contribution in [0.3, 0.4) is 0 Å². The van der Waals surface area contributed by atoms with E-state index >= 15 is 0 Å². The molecule has 0 aliphatic heterocycles. The number of nitrogens with two attached hydrogens (primary N) is 1. The number of carbonyl (C=O) groups is 1. The van der Waals surface area contributed by atoms with Crippen LogP contribution in [0.1, 0.15) is 31.7 Å². The first-order chi connectivity index (χ1) is 11.4. The number of aromatic nitrogens is 1. The molecule has 0 atom stereocenters. The molecule has 0 aliphatic rings. The van der Waals surface area contributed by atoms with E-state index in [1.54, 1.807) is 17.3 Å². The zero-order valence-corrected chi connectivity index (χ0v) is 15.2. The number of carbonyl (C=O) groups excluding carboxylic acids is 1. The molecule has 1 aromatic heterocycles. The largest absolute Gasteiger partial charge is 0.487 e. The zero-order chi connectivity index (χ0) is 18.4. The van der Waals surface area contributed by atoms with Crippen LogP contribution in [-0.2, 0) is 16.1 Å². The molecule has 1 rings (SSSR count). The second-order valence-electron chi connectivity index (χ2n) is 4.73. The molecule has 0 radical (unpaired) electrons. The van der Waals surface area contributed by atoms with E-state index in [0.29, 0.717) is 19.7 Å². The van der Waals surface area contributed by atoms with E-state index in [4.69, 9.17) is 22.1 Å². The van der Waals surface area contributed by atoms with Gasteiger partial charge in [-0.3, -0.25) is 9.78 Å². The lowest BCUT2D eigenvalue weighted by molar-refractivity contribution is -0.143. The molecule has 7 nitrogen and oxygen atoms in total. The van der Waals surface area contributed by atoms with E-state index < -0.39 is 5.17 Å². The Balaban J connectivity index is 0.00000118. The second-order valence-corrected chi connectivity index (χ2v) is 5.51. The molecule has 1 heterocycles. The van der Waals surface area contributed by atoms with Crippen LogP contribution in [0, 0.1) is 0 Å². The Morgan fingerprint density at radius 1 is 1.42 bits per heavy atom. The standard InChI is InChI=1S/C14H20N2O3S.CH3NOS/c1-2-3-9-19-13(17)6-8-16(14(18)20)11-12-5-4-7-15-10-12;2-1(3)4/h4-5,7,10H,2-3,6,8-9,11H2,1H3,(H,18,20);(H3,2,3,4). The van der Waals surface area contributed by atoms with Crippen LogP contribution in [0.2, 0.25) is 0 Å². The number of ether oxygens (including phenoxy) is 1. The summed E-state index contributed by atoms with van der Waals surface area (Å²) in [4.78, 5) is 17.1. The quantitative estimate of drug-likeness (QED) is 0.359. The number of aliphatic hydroxyl groups excluding tert-OH is 2. The van der Waals surface area contributed by atoms with E-state index in [-0.39, 0.29) is 17.6 Å². The predicted molar refractivity (Wildman–Crippen MR) is 99.8 cm³/mol. The minimum Gasteiger partial charge on any atom is -0.487 e. The van der Waals surface area contributed by atoms with E-state index in [2.05, 4.69) is 22.9 Å². The number of pyridine rings is 1. The molecule has 1 aromatic rings. The summed E-state index contributed by atoms with van der Waals surface area (Å²) in [7, 11) is 0. The fraction of sp³-hybridized carbons (Fsp3) is 0.467. The van der Waals surface area contributed by atoms with Crippen molar-refractivity contribution in [3.8, 4) is 0 Å². The number of thiocarbonyl (C=S) groups is 2. The van der Waals surface area contributed by atoms with Crippen molar-refractivity contribution in [2.45, 2.75) is 32.7 Å². The molecule has 0 aliphatic carbocycles. The first kappa shape index (κ1) is 22.0. The maximum Gasteiger partial charge on any atom is 0.307 e. The maximum absolute atomic E-state index is 11.5. The molecule has 4 N–H and O–H groups in total. The minimum absolute atomic E-state index is 0.199. The lowest BCUT2D eigenvalue weighted by Crippen LogP contribution is -2.31. The summed E-state index contributed by atoms with van der Waals surface area (Å²) in [6.45, 7) is 3.23. The second kappa shape index (κ2) is 13.4. The Labute approximate surface area is 152 Å². The van der Waals surface area contributed by atoms with Gasteiger partial charge in [0.2, 0.25) is 0 Å². The van der Waals surface area contributed by atoms with Crippen molar-refractivity contribution in [1.29, 1.82) is 0 Å². The van der Waals surface area contributed by atoms with Crippen LogP contribution in [0.25, 0.3) is 0 Å². The molecule has 0 spiro atoms. The van der Waals surface area contributed by atoms with Crippen LogP contribution in [0.4, 0.5) is 0 Å². The number of rotatable bonds is 8. The van der Waals surface area contributed by atoms with Crippen LogP contribution >= 0.6 is 24.4 Å². The topological polar surface area (TPSA) is 109 Å². The lowest BCUT2D eigenvalue weighted by atomic mass is 10.2. The molecule has 0 bridgehead atoms. The van der Waals surface area contributed by atoms with Gasteiger partial charge >= 0.3 is 5.97 Å². The van der Waals surface area contributed by atoms with Gasteiger partial charge in [0, 0.05) is 25.5 Å². The molecule has 24 heavy (non-hydrogen) atoms. The number of aliphatic hydroxyl groups is 2. The number of esters is 1. The Kier molecular flexibility index (Phi) is 12.3. The van der Waals surface area contributed by atoms with Crippen LogP contribution < -0.4 is 5.73 Å². The molecular weight excluding hydrogens is 350 g/mol. The number of hydrogen-bond acceptors (Lipinski definition) is 5. The fourth-order valence-corrected chi connectivity index (χ4v) is 1.74. The monoisotopic (exact) mass is 373 g/mol. The molecule has 0 aromatic carbocycles. The molecule has 9 heteroatoms. The average Bonchev–Trinajstić information content (AvgIpc) is 2.52. The molecule has 0 fully saturated rings. The Morgan fingerprint density at radius 3 is 2.58 bits per heavy atom. The van der Waals surface area contributed by atoms with Crippen molar-refractivity contribution in [3.63, 3.8) is 0 Å². The summed E-state index contributed by atoms with van der Waals surface area (Å²) in [6, 6.07) is 3.70. The van der Waals surface area contributed by atoms with Crippen LogP contribution in [-0.4, -0.2) is 49.6 Å². The summed E-state index contributed by atoms with van der Waals surface area (Å²) < 4.78 is 5.06. The van der Waals surface area contributed by atoms with Crippen molar-refractivity contribution in [2.24, 2.45) is 5.73 Å². The SMILES string of the molecule is CCCCOC(=O)CCN(Cc1cccnc1)C(O)=S.NC(O)=S. The van der Waals surface area contributed by atoms with Crippen molar-refractivity contribution < 1.29 is 19.7 Å². The smallest absolute Gasteiger partial charge is 0.307 e. The summed E-state index contributed by atoms with van der Waals surface area (Å²) in [5.41, 5.74) is 5.32. The van der Waals surface area contributed by atoms with E-state index in [1.165, 1.54) is 0 Å². The Bertz CT molecular complexity index is 511. The molecule has 134 valence electrons. The average molecular weight is 374 g/mol. The first-order valence-electron chi connectivity index (χ1n) is 7.37. The summed E-state index contributed by atoms with van der Waals surface area (Å²) in [5.74, 6) is -0.272. The first-order valence-corrected chi connectivity index (χ1v) is 8.19. The van der Waals surface area contributed by atoms with Gasteiger partial charge in [-0.05, 0) is 42.5 Å². The minimum atomic E-state index is -0.500. The number of nitrogens with zero attached hydrogens (tertiary/aromatic N) is 2. The van der Waals surface area contributed by atoms with Crippen molar-refractivity contribution in [1.82, 2.24) is 9.88 Å². The van der Waals surface area contributed by atoms with Crippen LogP contribution in [0.5, 0.6) is 0 Å². The van der Waals surface area contributed by atoms with Gasteiger partial charge in [-0.1, -0.05) is 19.4 Å². The zero-order valence-electron chi connectivity index (χ0n) is 13.6. The summed E-state index contributed by atoms with van der Waals surface area (Å²) in [6.07, 6.45) is 5.43. The van der Waals surface area contributed by atoms with Gasteiger partial charge < -0.3 is 25.6 Å². The maximum atomic E-state index is 11.5. The van der Waals surface area contributed by atoms with Gasteiger partial charge in [0.05, 0.1) is 13.0 Å². The van der Waals surface area contributed by atoms with Gasteiger partial charge in [-0.2, -0.15) is 0 Å². The highest BCUT2D eigenvalue weighted by atomic mass is 32.1. The highest BCUT2D eigenvalue weighted by Crippen LogP contribution is 2.05. The fourth-order valence-electron chi connectivity index (χ4n) is 1.58. The van der Waals surface area contributed by atoms with Gasteiger partial charge in [0.1, 0.15) is 0 Å². The van der Waals surface area contributed by atoms with Crippen LogP contribution in [0.15, 0.2) is 24.5 Å². The number of unbranched alkanes of at least 4 members (excludes halogenated alkanes) is 1. The van der Waals surface area contributed by atoms with Gasteiger partial charge in [0.15, 0.2) is 0 Å². The predicted octanol–water partition coefficient (Wildman–Crippen LogP) is 2.25. The molecule has 0 unspecified atom stereocenters. The van der Waals surface area contributed by atoms with Crippen molar-refractivity contribution in [3.05, 3.63) is 30.1 Å². The normalized spacial score (nSPS) is 9.38. The van der Waals surface area contributed by atoms with Gasteiger partial charge in [-0.15, -0.1) is 0 Å². The molecule has 0 amide bonds. The highest BCUT2D eigenvalue weighted by molar-refractivity contribution is 7.80. The Morgan fingerprint density at radius 2 is 2.08 bits per heavy atom. The third-order valence-electron chi connectivity index (χ3n) is 2.71. The molecule has 0 saturated carbocycles. The number of hydrogen-bond donors (Lipinski definition) is 3. The van der Waals surface area contributed by atoms with E-state index in [0.717, 1.165) is 18.4 Å². The third-order valence-corrected chi connectivity index (χ3v) is 2.97.